The van der Waals surface area contributed by atoms with Crippen LogP contribution < -0.4 is 3.71 Å². The normalized spacial score (nSPS) is 12.3. The number of imidazole rings is 1. The first-order chi connectivity index (χ1) is 13.1. The molecular formula is C22H44N2O2Sn. The number of hydrogen-bond acceptors (Lipinski definition) is 3. The predicted molar refractivity (Wildman–Crippen MR) is 119 cm³/mol. The van der Waals surface area contributed by atoms with Crippen LogP contribution in [-0.2, 0) is 16.2 Å². The Morgan fingerprint density at radius 3 is 1.96 bits per heavy atom. The standard InChI is InChI=1S/C10H17N2O2.3C4H9.Sn/c1-9(2)10-11-4-5-12(10)8-14-7-6-13-3;3*1-3-4-2;/h4,9H,6-8H2,1-3H3;3*1,3-4H2,2H3;. The molecule has 0 aliphatic heterocycles. The van der Waals surface area contributed by atoms with Crippen molar-refractivity contribution in [2.75, 3.05) is 20.3 Å². The fourth-order valence-corrected chi connectivity index (χ4v) is 20.3. The molecule has 0 aliphatic carbocycles. The zero-order chi connectivity index (χ0) is 20.1. The molecule has 0 saturated heterocycles. The Morgan fingerprint density at radius 1 is 0.963 bits per heavy atom. The van der Waals surface area contributed by atoms with Crippen LogP contribution in [0.3, 0.4) is 0 Å². The van der Waals surface area contributed by atoms with Gasteiger partial charge in [-0.1, -0.05) is 0 Å². The van der Waals surface area contributed by atoms with E-state index in [1.807, 2.05) is 0 Å². The molecule has 4 nitrogen and oxygen atoms in total. The molecule has 1 rings (SSSR count). The number of rotatable bonds is 16. The predicted octanol–water partition coefficient (Wildman–Crippen LogP) is 5.68. The van der Waals surface area contributed by atoms with E-state index in [1.165, 1.54) is 57.7 Å². The van der Waals surface area contributed by atoms with Crippen LogP contribution in [0.1, 0.15) is 84.9 Å². The minimum absolute atomic E-state index is 0.428. The minimum atomic E-state index is -2.51. The third-order valence-corrected chi connectivity index (χ3v) is 21.1. The molecule has 1 aromatic heterocycles. The first-order valence-corrected chi connectivity index (χ1v) is 18.7. The first kappa shape index (κ1) is 25.0. The molecule has 5 heteroatoms. The summed E-state index contributed by atoms with van der Waals surface area (Å²) in [5, 5.41) is 0. The van der Waals surface area contributed by atoms with Gasteiger partial charge in [-0.25, -0.2) is 0 Å². The van der Waals surface area contributed by atoms with E-state index in [0.29, 0.717) is 25.9 Å². The quantitative estimate of drug-likeness (QED) is 0.222. The third kappa shape index (κ3) is 7.69. The Hall–Kier alpha value is -0.0713. The number of methoxy groups -OCH3 is 1. The molecule has 0 atom stereocenters. The number of hydrogen-bond donors (Lipinski definition) is 0. The summed E-state index contributed by atoms with van der Waals surface area (Å²) in [6.07, 6.45) is 10.3. The maximum absolute atomic E-state index is 5.99. The summed E-state index contributed by atoms with van der Waals surface area (Å²) in [4.78, 5) is 4.91. The Bertz CT molecular complexity index is 481. The van der Waals surface area contributed by atoms with Crippen molar-refractivity contribution in [1.29, 1.82) is 0 Å². The van der Waals surface area contributed by atoms with Gasteiger partial charge in [0, 0.05) is 0 Å². The van der Waals surface area contributed by atoms with E-state index in [0.717, 1.165) is 0 Å². The number of unbranched alkanes of at least 4 members (excludes halogenated alkanes) is 3. The Kier molecular flexibility index (Phi) is 12.9. The van der Waals surface area contributed by atoms with E-state index in [1.54, 1.807) is 10.8 Å². The fraction of sp³-hybridized carbons (Fsp3) is 0.864. The Labute approximate surface area is 172 Å². The fourth-order valence-electron chi connectivity index (χ4n) is 4.01. The summed E-state index contributed by atoms with van der Waals surface area (Å²) < 4.78 is 19.6. The van der Waals surface area contributed by atoms with Gasteiger partial charge in [0.05, 0.1) is 0 Å². The van der Waals surface area contributed by atoms with Crippen LogP contribution in [-0.4, -0.2) is 48.3 Å². The molecule has 0 aliphatic rings. The van der Waals surface area contributed by atoms with E-state index in [9.17, 15) is 0 Å². The van der Waals surface area contributed by atoms with Crippen molar-refractivity contribution in [3.8, 4) is 0 Å². The number of nitrogens with zero attached hydrogens (tertiary/aromatic N) is 2. The van der Waals surface area contributed by atoms with Gasteiger partial charge in [-0.2, -0.15) is 0 Å². The molecule has 158 valence electrons. The summed E-state index contributed by atoms with van der Waals surface area (Å²) in [7, 11) is 1.73. The van der Waals surface area contributed by atoms with Gasteiger partial charge in [0.1, 0.15) is 0 Å². The second-order valence-electron chi connectivity index (χ2n) is 8.21. The summed E-state index contributed by atoms with van der Waals surface area (Å²) >= 11 is -2.51. The summed E-state index contributed by atoms with van der Waals surface area (Å²) in [6.45, 7) is 13.4. The number of ether oxygens (including phenoxy) is 2. The van der Waals surface area contributed by atoms with E-state index < -0.39 is 18.4 Å². The zero-order valence-corrected chi connectivity index (χ0v) is 21.7. The first-order valence-electron chi connectivity index (χ1n) is 11.2. The van der Waals surface area contributed by atoms with Crippen molar-refractivity contribution in [2.24, 2.45) is 0 Å². The van der Waals surface area contributed by atoms with Gasteiger partial charge in [0.15, 0.2) is 0 Å². The van der Waals surface area contributed by atoms with Crippen molar-refractivity contribution in [3.05, 3.63) is 12.0 Å². The molecule has 0 spiro atoms. The monoisotopic (exact) mass is 488 g/mol. The Morgan fingerprint density at radius 2 is 1.52 bits per heavy atom. The van der Waals surface area contributed by atoms with Crippen LogP contribution in [0.5, 0.6) is 0 Å². The summed E-state index contributed by atoms with van der Waals surface area (Å²) in [6, 6.07) is 0. The van der Waals surface area contributed by atoms with Crippen LogP contribution in [0.2, 0.25) is 13.3 Å². The van der Waals surface area contributed by atoms with E-state index >= 15 is 0 Å². The molecular weight excluding hydrogens is 443 g/mol. The zero-order valence-electron chi connectivity index (χ0n) is 18.9. The van der Waals surface area contributed by atoms with Crippen LogP contribution in [0.4, 0.5) is 0 Å². The topological polar surface area (TPSA) is 36.3 Å². The molecule has 1 heterocycles. The molecule has 0 radical (unpaired) electrons. The van der Waals surface area contributed by atoms with E-state index in [2.05, 4.69) is 45.4 Å². The van der Waals surface area contributed by atoms with Crippen LogP contribution in [0, 0.1) is 0 Å². The third-order valence-electron chi connectivity index (χ3n) is 5.63. The molecule has 0 N–H and O–H groups in total. The molecule has 0 saturated carbocycles. The molecule has 0 fully saturated rings. The average molecular weight is 487 g/mol. The SMILES string of the molecule is CCC[CH2][Sn]([CH2]CCC)([CH2]CCC)[c]1cnc(C(C)C)n1COCCOC. The van der Waals surface area contributed by atoms with Crippen LogP contribution in [0.15, 0.2) is 6.20 Å². The van der Waals surface area contributed by atoms with Gasteiger partial charge >= 0.3 is 173 Å². The Balaban J connectivity index is 3.26. The van der Waals surface area contributed by atoms with E-state index in [4.69, 9.17) is 14.5 Å². The van der Waals surface area contributed by atoms with Crippen LogP contribution >= 0.6 is 0 Å². The average Bonchev–Trinajstić information content (AvgIpc) is 3.10. The van der Waals surface area contributed by atoms with Gasteiger partial charge in [0.25, 0.3) is 0 Å². The second kappa shape index (κ2) is 14.0. The molecule has 0 aromatic carbocycles. The van der Waals surface area contributed by atoms with Gasteiger partial charge in [-0.15, -0.1) is 0 Å². The number of aromatic nitrogens is 2. The van der Waals surface area contributed by atoms with Gasteiger partial charge in [-0.3, -0.25) is 0 Å². The van der Waals surface area contributed by atoms with Crippen molar-refractivity contribution in [1.82, 2.24) is 9.55 Å². The van der Waals surface area contributed by atoms with Crippen molar-refractivity contribution in [3.63, 3.8) is 0 Å². The van der Waals surface area contributed by atoms with E-state index in [-0.39, 0.29) is 0 Å². The molecule has 0 bridgehead atoms. The maximum atomic E-state index is 5.99. The molecule has 0 unspecified atom stereocenters. The van der Waals surface area contributed by atoms with Crippen molar-refractivity contribution < 1.29 is 9.47 Å². The summed E-state index contributed by atoms with van der Waals surface area (Å²) in [5.74, 6) is 1.63. The molecule has 27 heavy (non-hydrogen) atoms. The van der Waals surface area contributed by atoms with Gasteiger partial charge in [-0.05, 0) is 0 Å². The molecule has 1 aromatic rings. The summed E-state index contributed by atoms with van der Waals surface area (Å²) in [5.41, 5.74) is 0. The van der Waals surface area contributed by atoms with Crippen molar-refractivity contribution in [2.45, 2.75) is 99.1 Å². The van der Waals surface area contributed by atoms with Crippen LogP contribution in [0.25, 0.3) is 0 Å². The van der Waals surface area contributed by atoms with Gasteiger partial charge < -0.3 is 0 Å². The van der Waals surface area contributed by atoms with Crippen molar-refractivity contribution >= 4 is 22.1 Å². The van der Waals surface area contributed by atoms with Gasteiger partial charge in [0.2, 0.25) is 0 Å². The molecule has 0 amide bonds. The second-order valence-corrected chi connectivity index (χ2v) is 21.3.